The molecule has 20 heavy (non-hydrogen) atoms. The molecule has 4 nitrogen and oxygen atoms in total. The highest BCUT2D eigenvalue weighted by molar-refractivity contribution is 9.11. The van der Waals surface area contributed by atoms with Crippen molar-refractivity contribution in [3.63, 3.8) is 0 Å². The number of halogens is 3. The number of nitrogens with one attached hydrogen (secondary N) is 1. The van der Waals surface area contributed by atoms with E-state index in [1.54, 1.807) is 12.1 Å². The van der Waals surface area contributed by atoms with Crippen molar-refractivity contribution in [1.29, 1.82) is 0 Å². The summed E-state index contributed by atoms with van der Waals surface area (Å²) in [6.07, 6.45) is 0. The van der Waals surface area contributed by atoms with Crippen LogP contribution in [0.2, 0.25) is 0 Å². The lowest BCUT2D eigenvalue weighted by Crippen LogP contribution is -2.24. The minimum absolute atomic E-state index is 0.0521. The molecule has 1 aromatic carbocycles. The molecule has 2 aromatic rings. The molecule has 2 rings (SSSR count). The lowest BCUT2D eigenvalue weighted by Gasteiger charge is -2.11. The van der Waals surface area contributed by atoms with Gasteiger partial charge in [0, 0.05) is 30.2 Å². The highest BCUT2D eigenvalue weighted by Crippen LogP contribution is 2.31. The third-order valence-corrected chi connectivity index (χ3v) is 6.92. The number of sulfonamides is 1. The maximum absolute atomic E-state index is 12.3. The Kier molecular flexibility index (Phi) is 5.30. The molecule has 0 bridgehead atoms. The molecule has 1 heterocycles. The highest BCUT2D eigenvalue weighted by Gasteiger charge is 2.21. The summed E-state index contributed by atoms with van der Waals surface area (Å²) in [5.41, 5.74) is 5.98. The fourth-order valence-electron chi connectivity index (χ4n) is 1.55. The molecule has 3 N–H and O–H groups in total. The average Bonchev–Trinajstić information content (AvgIpc) is 2.71. The quantitative estimate of drug-likeness (QED) is 0.616. The molecule has 9 heteroatoms. The van der Waals surface area contributed by atoms with Gasteiger partial charge < -0.3 is 5.73 Å². The number of benzene rings is 1. The normalized spacial score (nSPS) is 11.8. The van der Waals surface area contributed by atoms with E-state index < -0.39 is 10.0 Å². The van der Waals surface area contributed by atoms with Crippen LogP contribution in [0.4, 0.5) is 5.69 Å². The third kappa shape index (κ3) is 3.83. The van der Waals surface area contributed by atoms with Gasteiger partial charge >= 0.3 is 0 Å². The number of hydrogen-bond donors (Lipinski definition) is 2. The van der Waals surface area contributed by atoms with Gasteiger partial charge in [-0.05, 0) is 50.1 Å². The Hall–Kier alpha value is 0.0700. The molecule has 0 aliphatic rings. The zero-order valence-corrected chi connectivity index (χ0v) is 16.3. The Bertz CT molecular complexity index is 721. The van der Waals surface area contributed by atoms with E-state index in [2.05, 4.69) is 52.5 Å². The highest BCUT2D eigenvalue weighted by atomic mass is 79.9. The summed E-state index contributed by atoms with van der Waals surface area (Å²) < 4.78 is 29.2. The van der Waals surface area contributed by atoms with E-state index in [1.165, 1.54) is 11.3 Å². The van der Waals surface area contributed by atoms with E-state index in [0.717, 1.165) is 9.35 Å². The van der Waals surface area contributed by atoms with Crippen LogP contribution >= 0.6 is 59.1 Å². The number of anilines is 1. The molecule has 0 radical (unpaired) electrons. The van der Waals surface area contributed by atoms with Gasteiger partial charge in [0.2, 0.25) is 10.0 Å². The second-order valence-corrected chi connectivity index (χ2v) is 9.25. The maximum Gasteiger partial charge on any atom is 0.244 e. The first-order valence-electron chi connectivity index (χ1n) is 5.26. The molecule has 0 amide bonds. The Morgan fingerprint density at radius 1 is 1.15 bits per heavy atom. The lowest BCUT2D eigenvalue weighted by atomic mass is 10.3. The maximum atomic E-state index is 12.3. The number of hydrogen-bond acceptors (Lipinski definition) is 4. The Morgan fingerprint density at radius 3 is 2.40 bits per heavy atom. The molecule has 0 spiro atoms. The van der Waals surface area contributed by atoms with Crippen LogP contribution in [0.15, 0.2) is 41.9 Å². The first-order chi connectivity index (χ1) is 9.29. The van der Waals surface area contributed by atoms with Gasteiger partial charge in [-0.1, -0.05) is 15.9 Å². The summed E-state index contributed by atoms with van der Waals surface area (Å²) in [6, 6.07) is 5.07. The van der Waals surface area contributed by atoms with Crippen LogP contribution < -0.4 is 10.5 Å². The summed E-state index contributed by atoms with van der Waals surface area (Å²) in [5.74, 6) is 0. The minimum atomic E-state index is -3.68. The van der Waals surface area contributed by atoms with Crippen molar-refractivity contribution >= 4 is 74.8 Å². The standard InChI is InChI=1S/C11H9Br3N2O2S2/c12-6-2-9(14)11(10(15)3-6)20(17,18)16-4-8-1-7(13)5-19-8/h1-3,5,16H,4,15H2. The predicted octanol–water partition coefficient (Wildman–Crippen LogP) is 4.10. The fourth-order valence-corrected chi connectivity index (χ4v) is 6.10. The zero-order chi connectivity index (χ0) is 14.9. The predicted molar refractivity (Wildman–Crippen MR) is 92.3 cm³/mol. The number of nitrogen functional groups attached to an aromatic ring is 1. The molecular formula is C11H9Br3N2O2S2. The monoisotopic (exact) mass is 502 g/mol. The summed E-state index contributed by atoms with van der Waals surface area (Å²) in [7, 11) is -3.68. The van der Waals surface area contributed by atoms with Crippen LogP contribution in [0.1, 0.15) is 4.88 Å². The van der Waals surface area contributed by atoms with Crippen LogP contribution in [-0.4, -0.2) is 8.42 Å². The van der Waals surface area contributed by atoms with E-state index in [9.17, 15) is 8.42 Å². The average molecular weight is 505 g/mol. The molecule has 0 saturated heterocycles. The van der Waals surface area contributed by atoms with Crippen molar-refractivity contribution in [2.24, 2.45) is 0 Å². The van der Waals surface area contributed by atoms with Crippen molar-refractivity contribution in [1.82, 2.24) is 4.72 Å². The van der Waals surface area contributed by atoms with Crippen LogP contribution in [0, 0.1) is 0 Å². The van der Waals surface area contributed by atoms with E-state index in [4.69, 9.17) is 5.73 Å². The van der Waals surface area contributed by atoms with Crippen LogP contribution in [0.5, 0.6) is 0 Å². The summed E-state index contributed by atoms with van der Waals surface area (Å²) in [4.78, 5) is 0.962. The van der Waals surface area contributed by atoms with Gasteiger partial charge in [0.15, 0.2) is 0 Å². The summed E-state index contributed by atoms with van der Waals surface area (Å²) in [5, 5.41) is 1.90. The number of nitrogens with two attached hydrogens (primary N) is 1. The van der Waals surface area contributed by atoms with E-state index in [-0.39, 0.29) is 17.1 Å². The van der Waals surface area contributed by atoms with Crippen molar-refractivity contribution in [3.05, 3.63) is 41.9 Å². The first kappa shape index (κ1) is 16.4. The van der Waals surface area contributed by atoms with Gasteiger partial charge in [-0.25, -0.2) is 13.1 Å². The molecular weight excluding hydrogens is 496 g/mol. The number of rotatable bonds is 4. The van der Waals surface area contributed by atoms with Crippen LogP contribution in [0.3, 0.4) is 0 Å². The van der Waals surface area contributed by atoms with Crippen molar-refractivity contribution in [2.75, 3.05) is 5.73 Å². The third-order valence-electron chi connectivity index (χ3n) is 2.36. The summed E-state index contributed by atoms with van der Waals surface area (Å²) >= 11 is 11.3. The van der Waals surface area contributed by atoms with Gasteiger partial charge in [-0.2, -0.15) is 0 Å². The van der Waals surface area contributed by atoms with Crippen molar-refractivity contribution < 1.29 is 8.42 Å². The topological polar surface area (TPSA) is 72.2 Å². The Labute approximate surface area is 146 Å². The second-order valence-electron chi connectivity index (χ2n) is 3.86. The number of thiophene rings is 1. The molecule has 0 fully saturated rings. The van der Waals surface area contributed by atoms with E-state index in [1.807, 2.05) is 11.4 Å². The first-order valence-corrected chi connectivity index (χ1v) is 10.0. The largest absolute Gasteiger partial charge is 0.398 e. The molecule has 1 aromatic heterocycles. The fraction of sp³-hybridized carbons (Fsp3) is 0.0909. The molecule has 0 aliphatic heterocycles. The molecule has 0 saturated carbocycles. The SMILES string of the molecule is Nc1cc(Br)cc(Br)c1S(=O)(=O)NCc1cc(Br)cs1. The molecule has 0 atom stereocenters. The van der Waals surface area contributed by atoms with Gasteiger partial charge in [0.05, 0.1) is 5.69 Å². The molecule has 108 valence electrons. The van der Waals surface area contributed by atoms with Crippen LogP contribution in [-0.2, 0) is 16.6 Å². The lowest BCUT2D eigenvalue weighted by molar-refractivity contribution is 0.581. The van der Waals surface area contributed by atoms with Crippen LogP contribution in [0.25, 0.3) is 0 Å². The smallest absolute Gasteiger partial charge is 0.244 e. The van der Waals surface area contributed by atoms with E-state index >= 15 is 0 Å². The van der Waals surface area contributed by atoms with Gasteiger partial charge in [-0.15, -0.1) is 11.3 Å². The van der Waals surface area contributed by atoms with Crippen molar-refractivity contribution in [2.45, 2.75) is 11.4 Å². The molecule has 0 unspecified atom stereocenters. The van der Waals surface area contributed by atoms with Crippen molar-refractivity contribution in [3.8, 4) is 0 Å². The summed E-state index contributed by atoms with van der Waals surface area (Å²) in [6.45, 7) is 0.223. The minimum Gasteiger partial charge on any atom is -0.398 e. The zero-order valence-electron chi connectivity index (χ0n) is 9.86. The Morgan fingerprint density at radius 2 is 1.85 bits per heavy atom. The van der Waals surface area contributed by atoms with E-state index in [0.29, 0.717) is 8.95 Å². The molecule has 0 aliphatic carbocycles. The Balaban J connectivity index is 2.27. The van der Waals surface area contributed by atoms with Gasteiger partial charge in [0.1, 0.15) is 4.90 Å². The van der Waals surface area contributed by atoms with Gasteiger partial charge in [-0.3, -0.25) is 0 Å². The van der Waals surface area contributed by atoms with Gasteiger partial charge in [0.25, 0.3) is 0 Å². The second kappa shape index (κ2) is 6.45.